The van der Waals surface area contributed by atoms with Gasteiger partial charge >= 0.3 is 0 Å². The van der Waals surface area contributed by atoms with Gasteiger partial charge in [0.15, 0.2) is 0 Å². The van der Waals surface area contributed by atoms with Crippen LogP contribution in [0.3, 0.4) is 0 Å². The monoisotopic (exact) mass is 402 g/mol. The maximum Gasteiger partial charge on any atom is 0.269 e. The Kier molecular flexibility index (Phi) is 5.08. The summed E-state index contributed by atoms with van der Waals surface area (Å²) in [5, 5.41) is 14.4. The number of carbonyl (C=O) groups excluding carboxylic acids is 1. The number of nitro groups is 1. The van der Waals surface area contributed by atoms with Crippen molar-refractivity contribution < 1.29 is 9.72 Å². The Morgan fingerprint density at radius 3 is 2.34 bits per heavy atom. The third-order valence-corrected chi connectivity index (χ3v) is 5.18. The lowest BCUT2D eigenvalue weighted by molar-refractivity contribution is -0.384. The summed E-state index contributed by atoms with van der Waals surface area (Å²) in [6.07, 6.45) is 1.66. The number of para-hydroxylation sites is 1. The van der Waals surface area contributed by atoms with Crippen molar-refractivity contribution in [3.8, 4) is 22.0 Å². The number of hydrogen-bond acceptors (Lipinski definition) is 6. The summed E-state index contributed by atoms with van der Waals surface area (Å²) in [7, 11) is 0. The van der Waals surface area contributed by atoms with Crippen LogP contribution in [0, 0.1) is 10.1 Å². The molecule has 4 aromatic rings. The van der Waals surface area contributed by atoms with Gasteiger partial charge in [-0.15, -0.1) is 11.3 Å². The van der Waals surface area contributed by atoms with Crippen LogP contribution in [0.15, 0.2) is 79.0 Å². The van der Waals surface area contributed by atoms with Crippen molar-refractivity contribution in [1.29, 1.82) is 0 Å². The van der Waals surface area contributed by atoms with Gasteiger partial charge in [0.2, 0.25) is 0 Å². The number of benzene rings is 2. The molecular formula is C21H14N4O3S. The fourth-order valence-electron chi connectivity index (χ4n) is 2.72. The molecule has 0 saturated carbocycles. The van der Waals surface area contributed by atoms with E-state index < -0.39 is 4.92 Å². The van der Waals surface area contributed by atoms with Crippen LogP contribution < -0.4 is 5.32 Å². The van der Waals surface area contributed by atoms with Gasteiger partial charge in [0.05, 0.1) is 16.3 Å². The number of thiazole rings is 1. The summed E-state index contributed by atoms with van der Waals surface area (Å²) in [5.74, 6) is -0.302. The standard InChI is InChI=1S/C21H14N4O3S/c26-20(23-15-6-2-1-3-7-15)19-18(14-9-11-16(12-10-14)25(27)28)24-21(29-19)17-8-4-5-13-22-17/h1-13H,(H,23,26). The van der Waals surface area contributed by atoms with Crippen molar-refractivity contribution >= 4 is 28.6 Å². The summed E-state index contributed by atoms with van der Waals surface area (Å²) in [5.41, 5.74) is 2.37. The van der Waals surface area contributed by atoms with Crippen LogP contribution in [0.4, 0.5) is 11.4 Å². The summed E-state index contributed by atoms with van der Waals surface area (Å²) < 4.78 is 0. The van der Waals surface area contributed by atoms with Crippen LogP contribution in [0.2, 0.25) is 0 Å². The van der Waals surface area contributed by atoms with Crippen molar-refractivity contribution in [2.75, 3.05) is 5.32 Å². The minimum absolute atomic E-state index is 0.0239. The van der Waals surface area contributed by atoms with Crippen molar-refractivity contribution in [2.24, 2.45) is 0 Å². The molecule has 0 atom stereocenters. The average molecular weight is 402 g/mol. The van der Waals surface area contributed by atoms with E-state index in [4.69, 9.17) is 0 Å². The molecule has 0 spiro atoms. The number of hydrogen-bond donors (Lipinski definition) is 1. The SMILES string of the molecule is O=C(Nc1ccccc1)c1sc(-c2ccccn2)nc1-c1ccc([N+](=O)[O-])cc1. The Hall–Kier alpha value is -3.91. The van der Waals surface area contributed by atoms with E-state index in [0.29, 0.717) is 32.5 Å². The highest BCUT2D eigenvalue weighted by Crippen LogP contribution is 2.34. The molecular weight excluding hydrogens is 388 g/mol. The van der Waals surface area contributed by atoms with Crippen LogP contribution in [0.1, 0.15) is 9.67 Å². The summed E-state index contributed by atoms with van der Waals surface area (Å²) >= 11 is 1.23. The van der Waals surface area contributed by atoms with E-state index in [1.54, 1.807) is 36.5 Å². The molecule has 2 heterocycles. The van der Waals surface area contributed by atoms with E-state index in [1.165, 1.54) is 23.5 Å². The summed E-state index contributed by atoms with van der Waals surface area (Å²) in [6, 6.07) is 20.6. The Bertz CT molecular complexity index is 1160. The quantitative estimate of drug-likeness (QED) is 0.373. The second-order valence-electron chi connectivity index (χ2n) is 6.04. The zero-order chi connectivity index (χ0) is 20.2. The second kappa shape index (κ2) is 7.99. The fourth-order valence-corrected chi connectivity index (χ4v) is 3.68. The molecule has 0 aliphatic heterocycles. The van der Waals surface area contributed by atoms with Crippen molar-refractivity contribution in [1.82, 2.24) is 9.97 Å². The van der Waals surface area contributed by atoms with Crippen molar-refractivity contribution in [3.05, 3.63) is 94.0 Å². The van der Waals surface area contributed by atoms with Gasteiger partial charge in [-0.2, -0.15) is 0 Å². The van der Waals surface area contributed by atoms with Gasteiger partial charge in [-0.05, 0) is 36.4 Å². The second-order valence-corrected chi connectivity index (χ2v) is 7.03. The average Bonchev–Trinajstić information content (AvgIpc) is 3.21. The molecule has 142 valence electrons. The van der Waals surface area contributed by atoms with Crippen molar-refractivity contribution in [2.45, 2.75) is 0 Å². The first-order chi connectivity index (χ1) is 14.1. The van der Waals surface area contributed by atoms with Crippen LogP contribution in [0.5, 0.6) is 0 Å². The Balaban J connectivity index is 1.76. The smallest absolute Gasteiger partial charge is 0.269 e. The van der Waals surface area contributed by atoms with Gasteiger partial charge in [-0.1, -0.05) is 24.3 Å². The molecule has 0 radical (unpaired) electrons. The Morgan fingerprint density at radius 2 is 1.69 bits per heavy atom. The molecule has 0 fully saturated rings. The third-order valence-electron chi connectivity index (χ3n) is 4.10. The number of nitrogens with zero attached hydrogens (tertiary/aromatic N) is 3. The van der Waals surface area contributed by atoms with Gasteiger partial charge in [-0.25, -0.2) is 4.98 Å². The summed E-state index contributed by atoms with van der Waals surface area (Å²) in [6.45, 7) is 0. The number of nitrogens with one attached hydrogen (secondary N) is 1. The van der Waals surface area contributed by atoms with Gasteiger partial charge in [0, 0.05) is 29.6 Å². The number of rotatable bonds is 5. The molecule has 7 nitrogen and oxygen atoms in total. The maximum absolute atomic E-state index is 13.0. The number of carbonyl (C=O) groups is 1. The van der Waals surface area contributed by atoms with Gasteiger partial charge in [0.1, 0.15) is 9.88 Å². The molecule has 0 unspecified atom stereocenters. The first-order valence-electron chi connectivity index (χ1n) is 8.65. The first-order valence-corrected chi connectivity index (χ1v) is 9.47. The molecule has 0 aliphatic carbocycles. The molecule has 4 rings (SSSR count). The minimum atomic E-state index is -0.465. The normalized spacial score (nSPS) is 10.5. The molecule has 1 N–H and O–H groups in total. The number of nitro benzene ring substituents is 1. The number of aromatic nitrogens is 2. The van der Waals surface area contributed by atoms with Crippen LogP contribution in [-0.4, -0.2) is 20.8 Å². The highest BCUT2D eigenvalue weighted by atomic mass is 32.1. The van der Waals surface area contributed by atoms with E-state index in [9.17, 15) is 14.9 Å². The van der Waals surface area contributed by atoms with Crippen molar-refractivity contribution in [3.63, 3.8) is 0 Å². The predicted octanol–water partition coefficient (Wildman–Crippen LogP) is 5.03. The van der Waals surface area contributed by atoms with E-state index >= 15 is 0 Å². The lowest BCUT2D eigenvalue weighted by Gasteiger charge is -2.05. The molecule has 1 amide bonds. The molecule has 2 aromatic carbocycles. The zero-order valence-electron chi connectivity index (χ0n) is 15.0. The third kappa shape index (κ3) is 4.02. The van der Waals surface area contributed by atoms with Gasteiger partial charge in [-0.3, -0.25) is 19.9 Å². The number of non-ortho nitro benzene ring substituents is 1. The van der Waals surface area contributed by atoms with Crippen LogP contribution in [0.25, 0.3) is 22.0 Å². The van der Waals surface area contributed by atoms with E-state index in [2.05, 4.69) is 15.3 Å². The van der Waals surface area contributed by atoms with E-state index in [1.807, 2.05) is 30.3 Å². The minimum Gasteiger partial charge on any atom is -0.321 e. The van der Waals surface area contributed by atoms with Gasteiger partial charge < -0.3 is 5.32 Å². The zero-order valence-corrected chi connectivity index (χ0v) is 15.8. The van der Waals surface area contributed by atoms with E-state index in [-0.39, 0.29) is 11.6 Å². The largest absolute Gasteiger partial charge is 0.321 e. The van der Waals surface area contributed by atoms with Gasteiger partial charge in [0.25, 0.3) is 11.6 Å². The van der Waals surface area contributed by atoms with Crippen LogP contribution >= 0.6 is 11.3 Å². The highest BCUT2D eigenvalue weighted by molar-refractivity contribution is 7.17. The summed E-state index contributed by atoms with van der Waals surface area (Å²) in [4.78, 5) is 32.8. The number of pyridine rings is 1. The lowest BCUT2D eigenvalue weighted by atomic mass is 10.1. The highest BCUT2D eigenvalue weighted by Gasteiger charge is 2.21. The molecule has 0 saturated heterocycles. The predicted molar refractivity (Wildman–Crippen MR) is 112 cm³/mol. The Morgan fingerprint density at radius 1 is 0.966 bits per heavy atom. The molecule has 0 bridgehead atoms. The molecule has 29 heavy (non-hydrogen) atoms. The molecule has 2 aromatic heterocycles. The van der Waals surface area contributed by atoms with Crippen LogP contribution in [-0.2, 0) is 0 Å². The number of amides is 1. The Labute approximate surface area is 169 Å². The van der Waals surface area contributed by atoms with E-state index in [0.717, 1.165) is 0 Å². The fraction of sp³-hybridized carbons (Fsp3) is 0. The number of anilines is 1. The molecule has 8 heteroatoms. The lowest BCUT2D eigenvalue weighted by Crippen LogP contribution is -2.11. The first kappa shape index (κ1) is 18.5. The maximum atomic E-state index is 13.0. The molecule has 0 aliphatic rings. The topological polar surface area (TPSA) is 98.0 Å².